The standard InChI is InChI=1S/C41H62N8O10/c1-8-31-38(54)48-34(40(57)58)26(5)36(52)46-29(15-12-20-44-41(42)43)37(53)45-28(25(4)35(51)47-30(39(55)56)18-19-33(50)49(31)6)17-16-23(2)21-24(3)32(59-7)22-27-13-10-9-11-14-27/h9-11,13-14,16-17,21,24-26,28-32,34H,8,12,15,18-20,22H2,1-7H3,(H,45,53)(H,46,52)(H,47,51)(H,48,54)(H,55,56)(H,57,58)(H4,42,43,44)/b17-16+,23-21+/t24-,25-,26?,28-,29-,30?,31?,32-,34?/m0/s1. The number of hydrogen-bond donors (Lipinski definition) is 8. The van der Waals surface area contributed by atoms with Gasteiger partial charge in [-0.1, -0.05) is 81.8 Å². The Hall–Kier alpha value is -5.78. The topological polar surface area (TPSA) is 285 Å². The fourth-order valence-electron chi connectivity index (χ4n) is 6.62. The number of nitrogens with two attached hydrogens (primary N) is 2. The first kappa shape index (κ1) is 49.4. The maximum Gasteiger partial charge on any atom is 0.327 e. The Morgan fingerprint density at radius 2 is 1.59 bits per heavy atom. The van der Waals surface area contributed by atoms with Gasteiger partial charge >= 0.3 is 11.9 Å². The number of hydrogen-bond acceptors (Lipinski definition) is 9. The maximum absolute atomic E-state index is 14.1. The first-order valence-electron chi connectivity index (χ1n) is 19.7. The van der Waals surface area contributed by atoms with E-state index in [0.29, 0.717) is 6.42 Å². The van der Waals surface area contributed by atoms with Crippen molar-refractivity contribution in [1.29, 1.82) is 0 Å². The molecule has 1 aromatic carbocycles. The van der Waals surface area contributed by atoms with Crippen LogP contribution < -0.4 is 32.7 Å². The number of guanidine groups is 1. The minimum absolute atomic E-state index is 0.0235. The molecule has 10 N–H and O–H groups in total. The quantitative estimate of drug-likeness (QED) is 0.0561. The average molecular weight is 827 g/mol. The second-order valence-corrected chi connectivity index (χ2v) is 14.9. The highest BCUT2D eigenvalue weighted by Crippen LogP contribution is 2.19. The third-order valence-corrected chi connectivity index (χ3v) is 10.4. The van der Waals surface area contributed by atoms with Gasteiger partial charge in [-0.25, -0.2) is 9.59 Å². The Balaban J connectivity index is 2.62. The number of methoxy groups -OCH3 is 1. The van der Waals surface area contributed by atoms with Crippen molar-refractivity contribution in [2.75, 3.05) is 20.7 Å². The molecular weight excluding hydrogens is 764 g/mol. The minimum Gasteiger partial charge on any atom is -0.480 e. The van der Waals surface area contributed by atoms with E-state index < -0.39 is 83.5 Å². The van der Waals surface area contributed by atoms with Crippen LogP contribution in [-0.2, 0) is 44.7 Å². The summed E-state index contributed by atoms with van der Waals surface area (Å²) >= 11 is 0. The highest BCUT2D eigenvalue weighted by molar-refractivity contribution is 5.95. The van der Waals surface area contributed by atoms with Crippen molar-refractivity contribution in [1.82, 2.24) is 26.2 Å². The van der Waals surface area contributed by atoms with Gasteiger partial charge in [0.25, 0.3) is 0 Å². The normalized spacial score (nSPS) is 25.6. The summed E-state index contributed by atoms with van der Waals surface area (Å²) in [5.41, 5.74) is 12.8. The Bertz CT molecular complexity index is 1710. The summed E-state index contributed by atoms with van der Waals surface area (Å²) in [4.78, 5) is 97.8. The zero-order chi connectivity index (χ0) is 44.4. The Morgan fingerprint density at radius 3 is 2.17 bits per heavy atom. The molecule has 1 fully saturated rings. The molecule has 1 saturated heterocycles. The van der Waals surface area contributed by atoms with Crippen LogP contribution in [0.15, 0.2) is 59.1 Å². The summed E-state index contributed by atoms with van der Waals surface area (Å²) in [6, 6.07) is 3.04. The van der Waals surface area contributed by atoms with Crippen molar-refractivity contribution in [2.45, 2.75) is 109 Å². The van der Waals surface area contributed by atoms with E-state index >= 15 is 0 Å². The Labute approximate surface area is 345 Å². The number of nitrogens with one attached hydrogen (secondary N) is 4. The predicted molar refractivity (Wildman–Crippen MR) is 220 cm³/mol. The Morgan fingerprint density at radius 1 is 0.949 bits per heavy atom. The lowest BCUT2D eigenvalue weighted by Gasteiger charge is -2.29. The maximum atomic E-state index is 14.1. The van der Waals surface area contributed by atoms with E-state index in [1.165, 1.54) is 20.9 Å². The van der Waals surface area contributed by atoms with Crippen molar-refractivity contribution in [3.05, 3.63) is 59.7 Å². The van der Waals surface area contributed by atoms with E-state index in [4.69, 9.17) is 16.2 Å². The predicted octanol–water partition coefficient (Wildman–Crippen LogP) is 0.848. The van der Waals surface area contributed by atoms with E-state index in [1.807, 2.05) is 50.3 Å². The fraction of sp³-hybridized carbons (Fsp3) is 0.561. The number of carbonyl (C=O) groups is 7. The molecular formula is C41H62N8O10. The SMILES string of the molecule is CCC1C(=O)NC(C(=O)O)C(C)C(=O)N[C@@H](CCCN=C(N)N)C(=O)N[C@@H](/C=C/C(C)=C/[C@H](C)[C@H](Cc2ccccc2)OC)[C@H](C)C(=O)NC(C(=O)O)CCC(=O)N1C. The molecule has 9 atom stereocenters. The molecule has 0 aliphatic carbocycles. The van der Waals surface area contributed by atoms with Crippen molar-refractivity contribution >= 4 is 47.4 Å². The second-order valence-electron chi connectivity index (χ2n) is 14.9. The van der Waals surface area contributed by atoms with Crippen LogP contribution in [-0.4, -0.2) is 120 Å². The molecule has 0 saturated carbocycles. The number of amides is 5. The molecule has 0 bridgehead atoms. The average Bonchev–Trinajstić information content (AvgIpc) is 3.19. The van der Waals surface area contributed by atoms with Crippen LogP contribution in [0.5, 0.6) is 0 Å². The number of aliphatic imine (C=N–C) groups is 1. The number of carbonyl (C=O) groups excluding carboxylic acids is 5. The fourth-order valence-corrected chi connectivity index (χ4v) is 6.62. The van der Waals surface area contributed by atoms with Crippen LogP contribution in [0.1, 0.15) is 72.3 Å². The molecule has 326 valence electrons. The molecule has 5 amide bonds. The molecule has 59 heavy (non-hydrogen) atoms. The number of carboxylic acids is 2. The molecule has 1 aliphatic heterocycles. The second kappa shape index (κ2) is 24.2. The largest absolute Gasteiger partial charge is 0.480 e. The summed E-state index contributed by atoms with van der Waals surface area (Å²) < 4.78 is 5.79. The van der Waals surface area contributed by atoms with Gasteiger partial charge in [0.05, 0.1) is 24.0 Å². The molecule has 2 rings (SSSR count). The van der Waals surface area contributed by atoms with Crippen molar-refractivity contribution < 1.29 is 48.5 Å². The molecule has 4 unspecified atom stereocenters. The molecule has 18 heteroatoms. The van der Waals surface area contributed by atoms with Gasteiger partial charge in [0.1, 0.15) is 24.2 Å². The Kier molecular flexibility index (Phi) is 20.3. The number of nitrogens with zero attached hydrogens (tertiary/aromatic N) is 2. The zero-order valence-electron chi connectivity index (χ0n) is 35.0. The molecule has 1 heterocycles. The van der Waals surface area contributed by atoms with Crippen LogP contribution >= 0.6 is 0 Å². The number of aliphatic carboxylic acids is 2. The van der Waals surface area contributed by atoms with Crippen molar-refractivity contribution in [3.63, 3.8) is 0 Å². The van der Waals surface area contributed by atoms with Gasteiger partial charge in [0.15, 0.2) is 5.96 Å². The smallest absolute Gasteiger partial charge is 0.327 e. The minimum atomic E-state index is -1.76. The van der Waals surface area contributed by atoms with Gasteiger partial charge in [0, 0.05) is 33.0 Å². The lowest BCUT2D eigenvalue weighted by molar-refractivity contribution is -0.148. The van der Waals surface area contributed by atoms with Gasteiger partial charge < -0.3 is 52.6 Å². The van der Waals surface area contributed by atoms with Crippen LogP contribution in [0.2, 0.25) is 0 Å². The van der Waals surface area contributed by atoms with Gasteiger partial charge in [-0.15, -0.1) is 0 Å². The summed E-state index contributed by atoms with van der Waals surface area (Å²) in [6.07, 6.45) is 5.26. The number of allylic oxidation sites excluding steroid dienone is 2. The summed E-state index contributed by atoms with van der Waals surface area (Å²) in [6.45, 7) is 8.27. The van der Waals surface area contributed by atoms with E-state index in [0.717, 1.165) is 16.0 Å². The summed E-state index contributed by atoms with van der Waals surface area (Å²) in [7, 11) is 2.95. The molecule has 18 nitrogen and oxygen atoms in total. The zero-order valence-corrected chi connectivity index (χ0v) is 35.0. The van der Waals surface area contributed by atoms with Crippen LogP contribution in [0.25, 0.3) is 0 Å². The summed E-state index contributed by atoms with van der Waals surface area (Å²) in [5, 5.41) is 30.3. The van der Waals surface area contributed by atoms with E-state index in [9.17, 15) is 43.8 Å². The highest BCUT2D eigenvalue weighted by atomic mass is 16.5. The van der Waals surface area contributed by atoms with Gasteiger partial charge in [-0.2, -0.15) is 0 Å². The van der Waals surface area contributed by atoms with E-state index in [2.05, 4.69) is 26.3 Å². The third kappa shape index (κ3) is 15.8. The monoisotopic (exact) mass is 826 g/mol. The molecule has 0 aromatic heterocycles. The molecule has 0 spiro atoms. The van der Waals surface area contributed by atoms with Crippen LogP contribution in [0.3, 0.4) is 0 Å². The number of carboxylic acid groups (broad SMARTS) is 2. The lowest BCUT2D eigenvalue weighted by atomic mass is 9.94. The van der Waals surface area contributed by atoms with Gasteiger partial charge in [-0.3, -0.25) is 29.0 Å². The van der Waals surface area contributed by atoms with E-state index in [1.54, 1.807) is 26.2 Å². The number of rotatable bonds is 14. The van der Waals surface area contributed by atoms with Gasteiger partial charge in [-0.05, 0) is 44.6 Å². The first-order valence-corrected chi connectivity index (χ1v) is 19.7. The van der Waals surface area contributed by atoms with Crippen molar-refractivity contribution in [2.24, 2.45) is 34.2 Å². The lowest BCUT2D eigenvalue weighted by Crippen LogP contribution is -2.57. The van der Waals surface area contributed by atoms with Crippen LogP contribution in [0, 0.1) is 17.8 Å². The van der Waals surface area contributed by atoms with Crippen LogP contribution in [0.4, 0.5) is 0 Å². The van der Waals surface area contributed by atoms with Crippen molar-refractivity contribution in [3.8, 4) is 0 Å². The number of ether oxygens (including phenoxy) is 1. The third-order valence-electron chi connectivity index (χ3n) is 10.4. The molecule has 0 radical (unpaired) electrons. The van der Waals surface area contributed by atoms with Gasteiger partial charge in [0.2, 0.25) is 29.5 Å². The summed E-state index contributed by atoms with van der Waals surface area (Å²) in [5.74, 6) is -9.57. The van der Waals surface area contributed by atoms with E-state index in [-0.39, 0.29) is 56.6 Å². The first-order chi connectivity index (χ1) is 27.8. The highest BCUT2D eigenvalue weighted by Gasteiger charge is 2.37. The number of likely N-dealkylation sites (N-methyl/N-ethyl adjacent to an activating group) is 1. The number of benzene rings is 1. The molecule has 1 aliphatic rings. The molecule has 1 aromatic rings.